The normalized spacial score (nSPS) is 19.2. The Kier molecular flexibility index (Phi) is 3.72. The molecule has 0 bridgehead atoms. The zero-order chi connectivity index (χ0) is 17.7. The van der Waals surface area contributed by atoms with Gasteiger partial charge in [-0.1, -0.05) is 23.7 Å². The van der Waals surface area contributed by atoms with Crippen molar-refractivity contribution < 1.29 is 13.6 Å². The number of aromatic nitrogens is 2. The van der Waals surface area contributed by atoms with Gasteiger partial charge in [0.05, 0.1) is 5.92 Å². The largest absolute Gasteiger partial charge is 0.308 e. The molecule has 1 fully saturated rings. The molecule has 1 aromatic carbocycles. The lowest BCUT2D eigenvalue weighted by molar-refractivity contribution is -0.117. The Morgan fingerprint density at radius 2 is 2.12 bits per heavy atom. The first-order chi connectivity index (χ1) is 12.0. The van der Waals surface area contributed by atoms with Crippen molar-refractivity contribution in [2.45, 2.75) is 19.5 Å². The molecule has 1 amide bonds. The molecule has 128 valence electrons. The van der Waals surface area contributed by atoms with Gasteiger partial charge >= 0.3 is 0 Å². The quantitative estimate of drug-likeness (QED) is 0.751. The van der Waals surface area contributed by atoms with E-state index in [-0.39, 0.29) is 23.2 Å². The van der Waals surface area contributed by atoms with Crippen molar-refractivity contribution in [2.24, 2.45) is 5.92 Å². The standard InChI is InChI=1S/C18H14ClF2N3O/c1-9-3-2-4-12(20)15(9)10-5-6-14-22-17(16(19)24(14)8-10)23-18(25)11-7-13(11)21/h2-6,8,11,13H,7H2,1H3,(H,23,25)/t11-,13+/m1/s1. The average Bonchev–Trinajstić information content (AvgIpc) is 3.23. The molecule has 0 aliphatic heterocycles. The van der Waals surface area contributed by atoms with Crippen molar-refractivity contribution in [1.82, 2.24) is 9.38 Å². The third-order valence-corrected chi connectivity index (χ3v) is 4.72. The van der Waals surface area contributed by atoms with Gasteiger partial charge in [-0.2, -0.15) is 0 Å². The molecule has 1 N–H and O–H groups in total. The maximum Gasteiger partial charge on any atom is 0.231 e. The number of aryl methyl sites for hydroxylation is 1. The first kappa shape index (κ1) is 16.0. The van der Waals surface area contributed by atoms with Gasteiger partial charge in [0.1, 0.15) is 17.6 Å². The second-order valence-corrected chi connectivity index (χ2v) is 6.53. The summed E-state index contributed by atoms with van der Waals surface area (Å²) in [7, 11) is 0. The highest BCUT2D eigenvalue weighted by molar-refractivity contribution is 6.32. The SMILES string of the molecule is Cc1cccc(F)c1-c1ccc2nc(NC(=O)[C@@H]3C[C@@H]3F)c(Cl)n2c1. The number of nitrogens with zero attached hydrogens (tertiary/aromatic N) is 2. The zero-order valence-electron chi connectivity index (χ0n) is 13.3. The van der Waals surface area contributed by atoms with Crippen molar-refractivity contribution >= 4 is 29.0 Å². The van der Waals surface area contributed by atoms with Crippen LogP contribution in [0.4, 0.5) is 14.6 Å². The summed E-state index contributed by atoms with van der Waals surface area (Å²) >= 11 is 6.30. The summed E-state index contributed by atoms with van der Waals surface area (Å²) in [6, 6.07) is 8.32. The first-order valence-electron chi connectivity index (χ1n) is 7.83. The highest BCUT2D eigenvalue weighted by Gasteiger charge is 2.44. The zero-order valence-corrected chi connectivity index (χ0v) is 14.0. The van der Waals surface area contributed by atoms with Crippen LogP contribution in [0.1, 0.15) is 12.0 Å². The van der Waals surface area contributed by atoms with Crippen molar-refractivity contribution in [3.05, 3.63) is 53.1 Å². The van der Waals surface area contributed by atoms with E-state index in [1.807, 2.05) is 13.0 Å². The van der Waals surface area contributed by atoms with Gasteiger partial charge in [-0.3, -0.25) is 9.20 Å². The number of hydrogen-bond donors (Lipinski definition) is 1. The lowest BCUT2D eigenvalue weighted by Crippen LogP contribution is -2.15. The fourth-order valence-electron chi connectivity index (χ4n) is 2.89. The molecule has 4 nitrogen and oxygen atoms in total. The monoisotopic (exact) mass is 361 g/mol. The Labute approximate surface area is 147 Å². The summed E-state index contributed by atoms with van der Waals surface area (Å²) in [5, 5.41) is 2.75. The molecule has 2 heterocycles. The lowest BCUT2D eigenvalue weighted by atomic mass is 10.0. The number of anilines is 1. The minimum absolute atomic E-state index is 0.174. The summed E-state index contributed by atoms with van der Waals surface area (Å²) in [6.45, 7) is 1.83. The molecule has 25 heavy (non-hydrogen) atoms. The number of pyridine rings is 1. The molecule has 2 aromatic heterocycles. The number of alkyl halides is 1. The maximum absolute atomic E-state index is 14.2. The minimum Gasteiger partial charge on any atom is -0.308 e. The molecule has 0 radical (unpaired) electrons. The van der Waals surface area contributed by atoms with Gasteiger partial charge < -0.3 is 5.32 Å². The second kappa shape index (κ2) is 5.81. The number of imidazole rings is 1. The molecule has 1 aliphatic rings. The number of benzene rings is 1. The Bertz CT molecular complexity index is 981. The Balaban J connectivity index is 1.74. The van der Waals surface area contributed by atoms with Crippen LogP contribution in [0.5, 0.6) is 0 Å². The van der Waals surface area contributed by atoms with Gasteiger partial charge in [0.25, 0.3) is 0 Å². The molecule has 2 atom stereocenters. The molecule has 0 unspecified atom stereocenters. The van der Waals surface area contributed by atoms with E-state index in [1.54, 1.807) is 28.8 Å². The van der Waals surface area contributed by atoms with Crippen LogP contribution in [0, 0.1) is 18.7 Å². The first-order valence-corrected chi connectivity index (χ1v) is 8.21. The number of fused-ring (bicyclic) bond motifs is 1. The maximum atomic E-state index is 14.2. The highest BCUT2D eigenvalue weighted by Crippen LogP contribution is 2.36. The lowest BCUT2D eigenvalue weighted by Gasteiger charge is -2.08. The summed E-state index contributed by atoms with van der Waals surface area (Å²) in [5.74, 6) is -1.21. The van der Waals surface area contributed by atoms with Crippen molar-refractivity contribution in [3.8, 4) is 11.1 Å². The van der Waals surface area contributed by atoms with Crippen LogP contribution in [0.25, 0.3) is 16.8 Å². The van der Waals surface area contributed by atoms with Crippen LogP contribution in [0.2, 0.25) is 5.15 Å². The fraction of sp³-hybridized carbons (Fsp3) is 0.222. The summed E-state index contributed by atoms with van der Waals surface area (Å²) in [4.78, 5) is 16.1. The van der Waals surface area contributed by atoms with E-state index in [1.165, 1.54) is 6.07 Å². The average molecular weight is 362 g/mol. The summed E-state index contributed by atoms with van der Waals surface area (Å²) < 4.78 is 28.8. The van der Waals surface area contributed by atoms with E-state index in [2.05, 4.69) is 10.3 Å². The van der Waals surface area contributed by atoms with Crippen LogP contribution in [-0.4, -0.2) is 21.5 Å². The predicted molar refractivity (Wildman–Crippen MR) is 92.0 cm³/mol. The van der Waals surface area contributed by atoms with E-state index in [0.717, 1.165) is 5.56 Å². The van der Waals surface area contributed by atoms with E-state index < -0.39 is 18.0 Å². The van der Waals surface area contributed by atoms with E-state index in [4.69, 9.17) is 11.6 Å². The van der Waals surface area contributed by atoms with Crippen molar-refractivity contribution in [1.29, 1.82) is 0 Å². The van der Waals surface area contributed by atoms with Crippen LogP contribution >= 0.6 is 11.6 Å². The van der Waals surface area contributed by atoms with Gasteiger partial charge in [-0.05, 0) is 37.1 Å². The van der Waals surface area contributed by atoms with Crippen LogP contribution < -0.4 is 5.32 Å². The topological polar surface area (TPSA) is 46.4 Å². The van der Waals surface area contributed by atoms with Gasteiger partial charge in [0.15, 0.2) is 11.0 Å². The summed E-state index contributed by atoms with van der Waals surface area (Å²) in [5.41, 5.74) is 2.43. The molecule has 1 saturated carbocycles. The van der Waals surface area contributed by atoms with Crippen LogP contribution in [-0.2, 0) is 4.79 Å². The Hall–Kier alpha value is -2.47. The highest BCUT2D eigenvalue weighted by atomic mass is 35.5. The van der Waals surface area contributed by atoms with Gasteiger partial charge in [0, 0.05) is 17.3 Å². The number of rotatable bonds is 3. The van der Waals surface area contributed by atoms with E-state index >= 15 is 0 Å². The molecule has 0 saturated heterocycles. The predicted octanol–water partition coefficient (Wildman–Crippen LogP) is 4.40. The molecule has 0 spiro atoms. The van der Waals surface area contributed by atoms with E-state index in [9.17, 15) is 13.6 Å². The number of carbonyl (C=O) groups excluding carboxylic acids is 1. The molecule has 3 aromatic rings. The Morgan fingerprint density at radius 1 is 1.36 bits per heavy atom. The van der Waals surface area contributed by atoms with Crippen LogP contribution in [0.3, 0.4) is 0 Å². The van der Waals surface area contributed by atoms with Gasteiger partial charge in [0.2, 0.25) is 5.91 Å². The van der Waals surface area contributed by atoms with Crippen LogP contribution in [0.15, 0.2) is 36.5 Å². The number of halogens is 3. The van der Waals surface area contributed by atoms with Gasteiger partial charge in [-0.15, -0.1) is 0 Å². The third kappa shape index (κ3) is 2.76. The molecular weight excluding hydrogens is 348 g/mol. The fourth-order valence-corrected chi connectivity index (χ4v) is 3.11. The molecular formula is C18H14ClF2N3O. The number of carbonyl (C=O) groups is 1. The molecule has 7 heteroatoms. The molecule has 1 aliphatic carbocycles. The second-order valence-electron chi connectivity index (χ2n) is 6.18. The Morgan fingerprint density at radius 3 is 2.80 bits per heavy atom. The smallest absolute Gasteiger partial charge is 0.231 e. The van der Waals surface area contributed by atoms with Crippen molar-refractivity contribution in [3.63, 3.8) is 0 Å². The minimum atomic E-state index is -1.09. The number of amides is 1. The summed E-state index contributed by atoms with van der Waals surface area (Å²) in [6.07, 6.45) is 0.806. The van der Waals surface area contributed by atoms with Gasteiger partial charge in [-0.25, -0.2) is 13.8 Å². The number of nitrogens with one attached hydrogen (secondary N) is 1. The van der Waals surface area contributed by atoms with Crippen molar-refractivity contribution in [2.75, 3.05) is 5.32 Å². The molecule has 4 rings (SSSR count). The number of hydrogen-bond acceptors (Lipinski definition) is 2. The van der Waals surface area contributed by atoms with E-state index in [0.29, 0.717) is 16.8 Å². The third-order valence-electron chi connectivity index (χ3n) is 4.36.